The Balaban J connectivity index is 1.77. The zero-order valence-corrected chi connectivity index (χ0v) is 15.5. The van der Waals surface area contributed by atoms with Crippen molar-refractivity contribution >= 4 is 16.9 Å². The van der Waals surface area contributed by atoms with Gasteiger partial charge in [0.2, 0.25) is 11.7 Å². The van der Waals surface area contributed by atoms with Crippen LogP contribution in [0.25, 0.3) is 11.0 Å². The molecule has 0 saturated heterocycles. The Hall–Kier alpha value is -3.03. The fourth-order valence-corrected chi connectivity index (χ4v) is 2.99. The Labute approximate surface area is 160 Å². The molecule has 2 aromatic carbocycles. The summed E-state index contributed by atoms with van der Waals surface area (Å²) in [5, 5.41) is 2.73. The van der Waals surface area contributed by atoms with Gasteiger partial charge in [0.15, 0.2) is 0 Å². The number of amides is 1. The van der Waals surface area contributed by atoms with Gasteiger partial charge in [-0.15, -0.1) is 0 Å². The minimum Gasteiger partial charge on any atom is -0.494 e. The van der Waals surface area contributed by atoms with E-state index in [1.165, 1.54) is 12.1 Å². The number of para-hydroxylation sites is 2. The summed E-state index contributed by atoms with van der Waals surface area (Å²) in [5.41, 5.74) is 1.28. The molecule has 0 bridgehead atoms. The molecule has 3 rings (SSSR count). The minimum atomic E-state index is -4.65. The molecule has 148 valence electrons. The van der Waals surface area contributed by atoms with E-state index in [2.05, 4.69) is 10.3 Å². The number of benzene rings is 2. The number of ether oxygens (including phenoxy) is 1. The molecular formula is C20H20F3N3O2. The summed E-state index contributed by atoms with van der Waals surface area (Å²) in [6, 6.07) is 13.0. The number of fused-ring (bicyclic) bond motifs is 1. The largest absolute Gasteiger partial charge is 0.494 e. The third-order valence-corrected chi connectivity index (χ3v) is 4.28. The van der Waals surface area contributed by atoms with Gasteiger partial charge in [-0.3, -0.25) is 4.79 Å². The molecule has 1 aromatic heterocycles. The highest BCUT2D eigenvalue weighted by Crippen LogP contribution is 2.31. The maximum atomic E-state index is 13.3. The smallest absolute Gasteiger partial charge is 0.449 e. The highest BCUT2D eigenvalue weighted by molar-refractivity contribution is 5.81. The second-order valence-corrected chi connectivity index (χ2v) is 6.30. The first kappa shape index (κ1) is 19.7. The highest BCUT2D eigenvalue weighted by Gasteiger charge is 2.38. The Kier molecular flexibility index (Phi) is 5.58. The van der Waals surface area contributed by atoms with E-state index in [9.17, 15) is 18.0 Å². The first-order valence-corrected chi connectivity index (χ1v) is 8.84. The standard InChI is InChI=1S/C20H20F3N3O2/c1-3-28-15-10-8-14(9-11-15)13(2)24-18(27)12-26-17-7-5-4-6-16(17)25-19(26)20(21,22)23/h4-11,13H,3,12H2,1-2H3,(H,24,27). The van der Waals surface area contributed by atoms with Crippen molar-refractivity contribution in [1.29, 1.82) is 0 Å². The van der Waals surface area contributed by atoms with Crippen molar-refractivity contribution in [3.63, 3.8) is 0 Å². The van der Waals surface area contributed by atoms with E-state index in [0.29, 0.717) is 12.4 Å². The summed E-state index contributed by atoms with van der Waals surface area (Å²) in [6.45, 7) is 3.72. The lowest BCUT2D eigenvalue weighted by molar-refractivity contribution is -0.147. The quantitative estimate of drug-likeness (QED) is 0.680. The number of hydrogen-bond donors (Lipinski definition) is 1. The maximum absolute atomic E-state index is 13.3. The zero-order valence-electron chi connectivity index (χ0n) is 15.5. The number of nitrogens with one attached hydrogen (secondary N) is 1. The van der Waals surface area contributed by atoms with Gasteiger partial charge in [-0.25, -0.2) is 4.98 Å². The van der Waals surface area contributed by atoms with Gasteiger partial charge in [0.05, 0.1) is 23.7 Å². The van der Waals surface area contributed by atoms with Gasteiger partial charge in [0.1, 0.15) is 12.3 Å². The molecule has 3 aromatic rings. The van der Waals surface area contributed by atoms with Crippen LogP contribution in [0, 0.1) is 0 Å². The summed E-state index contributed by atoms with van der Waals surface area (Å²) >= 11 is 0. The molecule has 0 fully saturated rings. The van der Waals surface area contributed by atoms with Gasteiger partial charge in [-0.1, -0.05) is 24.3 Å². The van der Waals surface area contributed by atoms with Gasteiger partial charge >= 0.3 is 6.18 Å². The molecule has 0 radical (unpaired) electrons. The first-order valence-electron chi connectivity index (χ1n) is 8.84. The summed E-state index contributed by atoms with van der Waals surface area (Å²) in [4.78, 5) is 16.1. The molecule has 1 atom stereocenters. The van der Waals surface area contributed by atoms with Crippen LogP contribution in [0.3, 0.4) is 0 Å². The lowest BCUT2D eigenvalue weighted by atomic mass is 10.1. The van der Waals surface area contributed by atoms with Crippen molar-refractivity contribution in [1.82, 2.24) is 14.9 Å². The molecule has 1 amide bonds. The van der Waals surface area contributed by atoms with Crippen LogP contribution in [-0.2, 0) is 17.5 Å². The second kappa shape index (κ2) is 7.92. The number of halogens is 3. The Morgan fingerprint density at radius 2 is 1.86 bits per heavy atom. The van der Waals surface area contributed by atoms with Crippen LogP contribution < -0.4 is 10.1 Å². The number of hydrogen-bond acceptors (Lipinski definition) is 3. The molecule has 0 aliphatic heterocycles. The summed E-state index contributed by atoms with van der Waals surface area (Å²) in [7, 11) is 0. The molecule has 1 unspecified atom stereocenters. The normalized spacial score (nSPS) is 12.8. The molecule has 1 N–H and O–H groups in total. The molecular weight excluding hydrogens is 371 g/mol. The van der Waals surface area contributed by atoms with Crippen molar-refractivity contribution in [2.45, 2.75) is 32.6 Å². The molecule has 0 saturated carbocycles. The second-order valence-electron chi connectivity index (χ2n) is 6.30. The predicted octanol–water partition coefficient (Wildman–Crippen LogP) is 4.33. The van der Waals surface area contributed by atoms with Gasteiger partial charge in [0.25, 0.3) is 0 Å². The first-order chi connectivity index (χ1) is 13.3. The molecule has 5 nitrogen and oxygen atoms in total. The van der Waals surface area contributed by atoms with Crippen LogP contribution in [0.4, 0.5) is 13.2 Å². The van der Waals surface area contributed by atoms with Gasteiger partial charge in [-0.05, 0) is 43.7 Å². The maximum Gasteiger partial charge on any atom is 0.449 e. The van der Waals surface area contributed by atoms with Crippen LogP contribution in [0.15, 0.2) is 48.5 Å². The third kappa shape index (κ3) is 4.27. The Morgan fingerprint density at radius 3 is 2.50 bits per heavy atom. The van der Waals surface area contributed by atoms with E-state index in [-0.39, 0.29) is 17.1 Å². The third-order valence-electron chi connectivity index (χ3n) is 4.28. The minimum absolute atomic E-state index is 0.196. The van der Waals surface area contributed by atoms with Crippen molar-refractivity contribution in [2.24, 2.45) is 0 Å². The predicted molar refractivity (Wildman–Crippen MR) is 98.9 cm³/mol. The number of carbonyl (C=O) groups excluding carboxylic acids is 1. The van der Waals surface area contributed by atoms with E-state index in [0.717, 1.165) is 10.1 Å². The van der Waals surface area contributed by atoms with Crippen LogP contribution in [0.5, 0.6) is 5.75 Å². The Bertz CT molecular complexity index is 965. The van der Waals surface area contributed by atoms with Gasteiger partial charge in [-0.2, -0.15) is 13.2 Å². The lowest BCUT2D eigenvalue weighted by Crippen LogP contribution is -2.31. The molecule has 28 heavy (non-hydrogen) atoms. The summed E-state index contributed by atoms with van der Waals surface area (Å²) in [5.74, 6) is -0.905. The van der Waals surface area contributed by atoms with Crippen LogP contribution in [0.1, 0.15) is 31.3 Å². The fraction of sp³-hybridized carbons (Fsp3) is 0.300. The number of rotatable bonds is 6. The molecule has 8 heteroatoms. The van der Waals surface area contributed by atoms with Crippen molar-refractivity contribution in [3.8, 4) is 5.75 Å². The highest BCUT2D eigenvalue weighted by atomic mass is 19.4. The molecule has 0 aliphatic carbocycles. The van der Waals surface area contributed by atoms with Crippen LogP contribution in [-0.4, -0.2) is 22.1 Å². The van der Waals surface area contributed by atoms with Crippen LogP contribution >= 0.6 is 0 Å². The SMILES string of the molecule is CCOc1ccc(C(C)NC(=O)Cn2c(C(F)(F)F)nc3ccccc32)cc1. The number of aromatic nitrogens is 2. The van der Waals surface area contributed by atoms with Crippen LogP contribution in [0.2, 0.25) is 0 Å². The molecule has 0 aliphatic rings. The van der Waals surface area contributed by atoms with Gasteiger partial charge in [0, 0.05) is 0 Å². The average Bonchev–Trinajstić information content (AvgIpc) is 3.01. The number of carbonyl (C=O) groups is 1. The lowest BCUT2D eigenvalue weighted by Gasteiger charge is -2.16. The topological polar surface area (TPSA) is 56.1 Å². The van der Waals surface area contributed by atoms with E-state index >= 15 is 0 Å². The van der Waals surface area contributed by atoms with Crippen molar-refractivity contribution in [3.05, 3.63) is 59.9 Å². The molecule has 0 spiro atoms. The summed E-state index contributed by atoms with van der Waals surface area (Å²) in [6.07, 6.45) is -4.65. The van der Waals surface area contributed by atoms with E-state index < -0.39 is 24.5 Å². The van der Waals surface area contributed by atoms with E-state index in [4.69, 9.17) is 4.74 Å². The number of imidazole rings is 1. The number of nitrogens with zero attached hydrogens (tertiary/aromatic N) is 2. The van der Waals surface area contributed by atoms with Crippen molar-refractivity contribution in [2.75, 3.05) is 6.61 Å². The van der Waals surface area contributed by atoms with Crippen molar-refractivity contribution < 1.29 is 22.7 Å². The fourth-order valence-electron chi connectivity index (χ4n) is 2.99. The Morgan fingerprint density at radius 1 is 1.18 bits per heavy atom. The zero-order chi connectivity index (χ0) is 20.3. The average molecular weight is 391 g/mol. The van der Waals surface area contributed by atoms with Gasteiger partial charge < -0.3 is 14.6 Å². The summed E-state index contributed by atoms with van der Waals surface area (Å²) < 4.78 is 46.3. The van der Waals surface area contributed by atoms with E-state index in [1.807, 2.05) is 19.1 Å². The molecule has 1 heterocycles. The number of alkyl halides is 3. The van der Waals surface area contributed by atoms with E-state index in [1.54, 1.807) is 31.2 Å². The monoisotopic (exact) mass is 391 g/mol.